The highest BCUT2D eigenvalue weighted by Crippen LogP contribution is 2.26. The number of aromatic hydroxyl groups is 1. The van der Waals surface area contributed by atoms with Gasteiger partial charge in [0.15, 0.2) is 5.16 Å². The molecule has 0 fully saturated rings. The fourth-order valence-corrected chi connectivity index (χ4v) is 1.83. The Morgan fingerprint density at radius 1 is 1.20 bits per heavy atom. The van der Waals surface area contributed by atoms with Crippen LogP contribution < -0.4 is 0 Å². The minimum Gasteiger partial charge on any atom is -0.508 e. The van der Waals surface area contributed by atoms with E-state index in [2.05, 4.69) is 9.97 Å². The second kappa shape index (κ2) is 4.31. The van der Waals surface area contributed by atoms with Crippen molar-refractivity contribution in [3.8, 4) is 5.75 Å². The molecule has 0 amide bonds. The maximum absolute atomic E-state index is 9.28. The lowest BCUT2D eigenvalue weighted by Crippen LogP contribution is -1.85. The number of hydrogen-bond acceptors (Lipinski definition) is 4. The zero-order valence-corrected chi connectivity index (χ0v) is 9.03. The van der Waals surface area contributed by atoms with Gasteiger partial charge in [-0.05, 0) is 42.4 Å². The van der Waals surface area contributed by atoms with Gasteiger partial charge < -0.3 is 5.11 Å². The molecule has 0 unspecified atom stereocenters. The predicted molar refractivity (Wildman–Crippen MR) is 59.0 cm³/mol. The third-order valence-corrected chi connectivity index (χ3v) is 2.67. The van der Waals surface area contributed by atoms with Gasteiger partial charge >= 0.3 is 0 Å². The average Bonchev–Trinajstić information content (AvgIpc) is 2.22. The van der Waals surface area contributed by atoms with Crippen LogP contribution in [-0.4, -0.2) is 15.1 Å². The molecule has 1 aromatic carbocycles. The summed E-state index contributed by atoms with van der Waals surface area (Å²) in [6.45, 7) is 1.95. The molecule has 4 heteroatoms. The highest BCUT2D eigenvalue weighted by Gasteiger charge is 2.00. The molecule has 0 saturated heterocycles. The summed E-state index contributed by atoms with van der Waals surface area (Å²) in [7, 11) is 0. The Morgan fingerprint density at radius 2 is 1.93 bits per heavy atom. The van der Waals surface area contributed by atoms with Crippen molar-refractivity contribution in [3.05, 3.63) is 42.2 Å². The Kier molecular flexibility index (Phi) is 2.87. The molecule has 1 N–H and O–H groups in total. The second-order valence-corrected chi connectivity index (χ2v) is 4.18. The van der Waals surface area contributed by atoms with Crippen LogP contribution >= 0.6 is 11.8 Å². The SMILES string of the molecule is Cc1cnc(Sc2cccc(O)c2)nc1. The van der Waals surface area contributed by atoms with E-state index in [4.69, 9.17) is 0 Å². The van der Waals surface area contributed by atoms with E-state index >= 15 is 0 Å². The van der Waals surface area contributed by atoms with Crippen molar-refractivity contribution < 1.29 is 5.11 Å². The summed E-state index contributed by atoms with van der Waals surface area (Å²) in [6, 6.07) is 7.04. The van der Waals surface area contributed by atoms with Crippen molar-refractivity contribution in [2.75, 3.05) is 0 Å². The lowest BCUT2D eigenvalue weighted by Gasteiger charge is -2.00. The number of benzene rings is 1. The van der Waals surface area contributed by atoms with Crippen LogP contribution in [0.15, 0.2) is 46.7 Å². The highest BCUT2D eigenvalue weighted by atomic mass is 32.2. The van der Waals surface area contributed by atoms with Crippen LogP contribution in [0.4, 0.5) is 0 Å². The second-order valence-electron chi connectivity index (χ2n) is 3.14. The van der Waals surface area contributed by atoms with E-state index < -0.39 is 0 Å². The molecular weight excluding hydrogens is 208 g/mol. The van der Waals surface area contributed by atoms with E-state index in [1.807, 2.05) is 13.0 Å². The van der Waals surface area contributed by atoms with Crippen molar-refractivity contribution >= 4 is 11.8 Å². The van der Waals surface area contributed by atoms with Crippen molar-refractivity contribution in [3.63, 3.8) is 0 Å². The molecule has 0 aliphatic carbocycles. The van der Waals surface area contributed by atoms with Gasteiger partial charge in [0.1, 0.15) is 5.75 Å². The number of aryl methyl sites for hydroxylation is 1. The topological polar surface area (TPSA) is 46.0 Å². The summed E-state index contributed by atoms with van der Waals surface area (Å²) in [5.41, 5.74) is 1.04. The number of hydrogen-bond donors (Lipinski definition) is 1. The number of nitrogens with zero attached hydrogens (tertiary/aromatic N) is 2. The normalized spacial score (nSPS) is 10.2. The molecule has 0 aliphatic heterocycles. The first-order valence-corrected chi connectivity index (χ1v) is 5.31. The molecule has 0 bridgehead atoms. The number of phenolic OH excluding ortho intramolecular Hbond substituents is 1. The van der Waals surface area contributed by atoms with Crippen molar-refractivity contribution in [2.45, 2.75) is 17.0 Å². The third-order valence-electron chi connectivity index (χ3n) is 1.78. The Labute approximate surface area is 92.2 Å². The van der Waals surface area contributed by atoms with Gasteiger partial charge in [-0.25, -0.2) is 9.97 Å². The Morgan fingerprint density at radius 3 is 2.60 bits per heavy atom. The number of phenols is 1. The average molecular weight is 218 g/mol. The lowest BCUT2D eigenvalue weighted by atomic mass is 10.3. The first-order chi connectivity index (χ1) is 7.24. The van der Waals surface area contributed by atoms with Gasteiger partial charge in [-0.3, -0.25) is 0 Å². The van der Waals surface area contributed by atoms with Crippen LogP contribution in [0.2, 0.25) is 0 Å². The fraction of sp³-hybridized carbons (Fsp3) is 0.0909. The molecule has 1 aromatic heterocycles. The Bertz CT molecular complexity index is 456. The van der Waals surface area contributed by atoms with Gasteiger partial charge in [0.2, 0.25) is 0 Å². The summed E-state index contributed by atoms with van der Waals surface area (Å²) < 4.78 is 0. The summed E-state index contributed by atoms with van der Waals surface area (Å²) in [6.07, 6.45) is 3.55. The summed E-state index contributed by atoms with van der Waals surface area (Å²) >= 11 is 1.43. The van der Waals surface area contributed by atoms with Crippen molar-refractivity contribution in [2.24, 2.45) is 0 Å². The zero-order chi connectivity index (χ0) is 10.7. The summed E-state index contributed by atoms with van der Waals surface area (Å²) in [4.78, 5) is 9.28. The van der Waals surface area contributed by atoms with E-state index in [-0.39, 0.29) is 5.75 Å². The molecular formula is C11H10N2OS. The first kappa shape index (κ1) is 9.98. The highest BCUT2D eigenvalue weighted by molar-refractivity contribution is 7.99. The summed E-state index contributed by atoms with van der Waals surface area (Å²) in [5.74, 6) is 0.257. The Hall–Kier alpha value is -1.55. The molecule has 0 spiro atoms. The molecule has 0 saturated carbocycles. The van der Waals surface area contributed by atoms with E-state index in [1.54, 1.807) is 30.6 Å². The van der Waals surface area contributed by atoms with Crippen molar-refractivity contribution in [1.82, 2.24) is 9.97 Å². The van der Waals surface area contributed by atoms with Gasteiger partial charge in [0.25, 0.3) is 0 Å². The molecule has 76 valence electrons. The van der Waals surface area contributed by atoms with E-state index in [0.29, 0.717) is 5.16 Å². The van der Waals surface area contributed by atoms with Crippen LogP contribution in [0.3, 0.4) is 0 Å². The smallest absolute Gasteiger partial charge is 0.192 e. The molecule has 15 heavy (non-hydrogen) atoms. The third kappa shape index (κ3) is 2.70. The minimum absolute atomic E-state index is 0.257. The van der Waals surface area contributed by atoms with Crippen LogP contribution in [-0.2, 0) is 0 Å². The van der Waals surface area contributed by atoms with Gasteiger partial charge in [0, 0.05) is 17.3 Å². The minimum atomic E-state index is 0.257. The van der Waals surface area contributed by atoms with Crippen LogP contribution in [0.5, 0.6) is 5.75 Å². The maximum atomic E-state index is 9.28. The largest absolute Gasteiger partial charge is 0.508 e. The van der Waals surface area contributed by atoms with E-state index in [9.17, 15) is 5.11 Å². The molecule has 0 radical (unpaired) electrons. The van der Waals surface area contributed by atoms with Crippen LogP contribution in [0.1, 0.15) is 5.56 Å². The fourth-order valence-electron chi connectivity index (χ4n) is 1.09. The van der Waals surface area contributed by atoms with Crippen LogP contribution in [0.25, 0.3) is 0 Å². The molecule has 2 aromatic rings. The van der Waals surface area contributed by atoms with E-state index in [1.165, 1.54) is 11.8 Å². The Balaban J connectivity index is 2.18. The molecule has 1 heterocycles. The maximum Gasteiger partial charge on any atom is 0.192 e. The number of rotatable bonds is 2. The van der Waals surface area contributed by atoms with Gasteiger partial charge in [-0.15, -0.1) is 0 Å². The van der Waals surface area contributed by atoms with Gasteiger partial charge in [0.05, 0.1) is 0 Å². The van der Waals surface area contributed by atoms with Crippen LogP contribution in [0, 0.1) is 6.92 Å². The quantitative estimate of drug-likeness (QED) is 0.787. The van der Waals surface area contributed by atoms with Gasteiger partial charge in [-0.1, -0.05) is 6.07 Å². The molecule has 0 aliphatic rings. The van der Waals surface area contributed by atoms with Gasteiger partial charge in [-0.2, -0.15) is 0 Å². The van der Waals surface area contributed by atoms with Crippen molar-refractivity contribution in [1.29, 1.82) is 0 Å². The monoisotopic (exact) mass is 218 g/mol. The molecule has 2 rings (SSSR count). The molecule has 0 atom stereocenters. The number of aromatic nitrogens is 2. The molecule has 3 nitrogen and oxygen atoms in total. The van der Waals surface area contributed by atoms with E-state index in [0.717, 1.165) is 10.5 Å². The standard InChI is InChI=1S/C11H10N2OS/c1-8-6-12-11(13-7-8)15-10-4-2-3-9(14)5-10/h2-7,14H,1H3. The lowest BCUT2D eigenvalue weighted by molar-refractivity contribution is 0.474. The first-order valence-electron chi connectivity index (χ1n) is 4.49. The predicted octanol–water partition coefficient (Wildman–Crippen LogP) is 2.64. The zero-order valence-electron chi connectivity index (χ0n) is 8.21. The summed E-state index contributed by atoms with van der Waals surface area (Å²) in [5, 5.41) is 9.97.